The largest absolute Gasteiger partial charge is 0.317 e. The zero-order valence-electron chi connectivity index (χ0n) is 10.1. The molecule has 17 heavy (non-hydrogen) atoms. The molecule has 0 radical (unpaired) electrons. The van der Waals surface area contributed by atoms with Crippen molar-refractivity contribution in [1.29, 1.82) is 0 Å². The fraction of sp³-hybridized carbons (Fsp3) is 0.538. The standard InChI is InChI=1S/C13H18N2O2/c1-14-12-6-2-10(3-7-12)11-4-8-13(9-5-11)15(16)17/h4-5,8-10,12,14H,2-3,6-7H2,1H3. The van der Waals surface area contributed by atoms with Crippen LogP contribution in [0, 0.1) is 10.1 Å². The van der Waals surface area contributed by atoms with Crippen molar-refractivity contribution in [2.75, 3.05) is 7.05 Å². The lowest BCUT2D eigenvalue weighted by molar-refractivity contribution is -0.384. The number of hydrogen-bond donors (Lipinski definition) is 1. The number of hydrogen-bond acceptors (Lipinski definition) is 3. The first-order valence-electron chi connectivity index (χ1n) is 6.12. The van der Waals surface area contributed by atoms with E-state index >= 15 is 0 Å². The van der Waals surface area contributed by atoms with Gasteiger partial charge >= 0.3 is 0 Å². The van der Waals surface area contributed by atoms with Crippen LogP contribution in [0.25, 0.3) is 0 Å². The molecule has 0 unspecified atom stereocenters. The van der Waals surface area contributed by atoms with Gasteiger partial charge in [0.25, 0.3) is 5.69 Å². The number of nitrogens with one attached hydrogen (secondary N) is 1. The van der Waals surface area contributed by atoms with Gasteiger partial charge in [-0.25, -0.2) is 0 Å². The minimum atomic E-state index is -0.346. The van der Waals surface area contributed by atoms with E-state index in [1.165, 1.54) is 31.2 Å². The SMILES string of the molecule is CNC1CCC(c2ccc([N+](=O)[O-])cc2)CC1. The zero-order valence-corrected chi connectivity index (χ0v) is 10.1. The van der Waals surface area contributed by atoms with Crippen LogP contribution < -0.4 is 5.32 Å². The fourth-order valence-corrected chi connectivity index (χ4v) is 2.58. The molecule has 1 N–H and O–H groups in total. The lowest BCUT2D eigenvalue weighted by Crippen LogP contribution is -2.29. The lowest BCUT2D eigenvalue weighted by Gasteiger charge is -2.28. The third kappa shape index (κ3) is 2.82. The first kappa shape index (κ1) is 12.0. The van der Waals surface area contributed by atoms with Crippen LogP contribution in [0.15, 0.2) is 24.3 Å². The molecule has 4 nitrogen and oxygen atoms in total. The van der Waals surface area contributed by atoms with Gasteiger partial charge in [-0.2, -0.15) is 0 Å². The van der Waals surface area contributed by atoms with Gasteiger partial charge in [-0.3, -0.25) is 10.1 Å². The highest BCUT2D eigenvalue weighted by Crippen LogP contribution is 2.33. The lowest BCUT2D eigenvalue weighted by atomic mass is 9.82. The van der Waals surface area contributed by atoms with Gasteiger partial charge in [0, 0.05) is 18.2 Å². The Hall–Kier alpha value is -1.42. The Bertz CT molecular complexity index is 381. The molecule has 0 heterocycles. The van der Waals surface area contributed by atoms with E-state index in [0.29, 0.717) is 12.0 Å². The first-order valence-corrected chi connectivity index (χ1v) is 6.12. The Morgan fingerprint density at radius 1 is 1.18 bits per heavy atom. The van der Waals surface area contributed by atoms with Crippen molar-refractivity contribution in [3.05, 3.63) is 39.9 Å². The molecule has 2 rings (SSSR count). The monoisotopic (exact) mass is 234 g/mol. The topological polar surface area (TPSA) is 55.2 Å². The maximum atomic E-state index is 10.6. The Morgan fingerprint density at radius 2 is 1.76 bits per heavy atom. The van der Waals surface area contributed by atoms with E-state index in [9.17, 15) is 10.1 Å². The second-order valence-electron chi connectivity index (χ2n) is 4.69. The summed E-state index contributed by atoms with van der Waals surface area (Å²) in [6.07, 6.45) is 4.73. The molecule has 0 atom stereocenters. The average Bonchev–Trinajstić information content (AvgIpc) is 2.39. The van der Waals surface area contributed by atoms with Crippen molar-refractivity contribution in [2.45, 2.75) is 37.6 Å². The van der Waals surface area contributed by atoms with Crippen molar-refractivity contribution in [3.8, 4) is 0 Å². The van der Waals surface area contributed by atoms with Gasteiger partial charge < -0.3 is 5.32 Å². The number of nitro benzene ring substituents is 1. The molecular formula is C13H18N2O2. The molecule has 4 heteroatoms. The Morgan fingerprint density at radius 3 is 2.24 bits per heavy atom. The molecule has 1 aliphatic carbocycles. The second-order valence-corrected chi connectivity index (χ2v) is 4.69. The summed E-state index contributed by atoms with van der Waals surface area (Å²) in [7, 11) is 2.01. The van der Waals surface area contributed by atoms with Gasteiger partial charge in [-0.15, -0.1) is 0 Å². The smallest absolute Gasteiger partial charge is 0.269 e. The number of nitro groups is 1. The summed E-state index contributed by atoms with van der Waals surface area (Å²) in [6, 6.07) is 7.67. The highest BCUT2D eigenvalue weighted by Gasteiger charge is 2.21. The summed E-state index contributed by atoms with van der Waals surface area (Å²) >= 11 is 0. The number of benzene rings is 1. The van der Waals surface area contributed by atoms with Crippen LogP contribution in [0.4, 0.5) is 5.69 Å². The molecule has 1 aliphatic rings. The Kier molecular flexibility index (Phi) is 3.74. The van der Waals surface area contributed by atoms with Crippen LogP contribution in [0.5, 0.6) is 0 Å². The summed E-state index contributed by atoms with van der Waals surface area (Å²) in [5.41, 5.74) is 1.42. The molecular weight excluding hydrogens is 216 g/mol. The molecule has 1 fully saturated rings. The van der Waals surface area contributed by atoms with E-state index in [2.05, 4.69) is 5.32 Å². The molecule has 1 aromatic rings. The summed E-state index contributed by atoms with van der Waals surface area (Å²) < 4.78 is 0. The predicted molar refractivity (Wildman–Crippen MR) is 67.2 cm³/mol. The van der Waals surface area contributed by atoms with Crippen molar-refractivity contribution in [3.63, 3.8) is 0 Å². The summed E-state index contributed by atoms with van der Waals surface area (Å²) in [6.45, 7) is 0. The number of nitrogens with zero attached hydrogens (tertiary/aromatic N) is 1. The van der Waals surface area contributed by atoms with E-state index < -0.39 is 0 Å². The highest BCUT2D eigenvalue weighted by molar-refractivity contribution is 5.34. The molecule has 92 valence electrons. The minimum Gasteiger partial charge on any atom is -0.317 e. The van der Waals surface area contributed by atoms with Crippen LogP contribution in [-0.4, -0.2) is 18.0 Å². The Labute approximate surface area is 101 Å². The van der Waals surface area contributed by atoms with Crippen LogP contribution in [0.2, 0.25) is 0 Å². The van der Waals surface area contributed by atoms with E-state index in [4.69, 9.17) is 0 Å². The molecule has 0 saturated heterocycles. The van der Waals surface area contributed by atoms with E-state index in [1.807, 2.05) is 19.2 Å². The summed E-state index contributed by atoms with van der Waals surface area (Å²) in [4.78, 5) is 10.2. The molecule has 0 spiro atoms. The highest BCUT2D eigenvalue weighted by atomic mass is 16.6. The maximum absolute atomic E-state index is 10.6. The number of rotatable bonds is 3. The van der Waals surface area contributed by atoms with Gasteiger partial charge in [-0.1, -0.05) is 12.1 Å². The molecule has 1 saturated carbocycles. The first-order chi connectivity index (χ1) is 8.20. The van der Waals surface area contributed by atoms with Gasteiger partial charge in [0.05, 0.1) is 4.92 Å². The van der Waals surface area contributed by atoms with Gasteiger partial charge in [0.2, 0.25) is 0 Å². The zero-order chi connectivity index (χ0) is 12.3. The van der Waals surface area contributed by atoms with Gasteiger partial charge in [0.15, 0.2) is 0 Å². The number of non-ortho nitro benzene ring substituents is 1. The minimum absolute atomic E-state index is 0.178. The average molecular weight is 234 g/mol. The normalized spacial score (nSPS) is 24.5. The maximum Gasteiger partial charge on any atom is 0.269 e. The van der Waals surface area contributed by atoms with Crippen molar-refractivity contribution in [1.82, 2.24) is 5.32 Å². The summed E-state index contributed by atoms with van der Waals surface area (Å²) in [5.74, 6) is 0.570. The van der Waals surface area contributed by atoms with Crippen molar-refractivity contribution in [2.24, 2.45) is 0 Å². The van der Waals surface area contributed by atoms with Gasteiger partial charge in [-0.05, 0) is 44.2 Å². The molecule has 0 aliphatic heterocycles. The second kappa shape index (κ2) is 5.27. The van der Waals surface area contributed by atoms with Crippen molar-refractivity contribution >= 4 is 5.69 Å². The van der Waals surface area contributed by atoms with Crippen LogP contribution >= 0.6 is 0 Å². The predicted octanol–water partition coefficient (Wildman–Crippen LogP) is 2.84. The quantitative estimate of drug-likeness (QED) is 0.646. The van der Waals surface area contributed by atoms with E-state index in [1.54, 1.807) is 12.1 Å². The van der Waals surface area contributed by atoms with Crippen LogP contribution in [0.3, 0.4) is 0 Å². The van der Waals surface area contributed by atoms with Gasteiger partial charge in [0.1, 0.15) is 0 Å². The molecule has 0 bridgehead atoms. The third-order valence-electron chi connectivity index (χ3n) is 3.71. The third-order valence-corrected chi connectivity index (χ3v) is 3.71. The summed E-state index contributed by atoms with van der Waals surface area (Å²) in [5, 5.41) is 13.9. The fourth-order valence-electron chi connectivity index (χ4n) is 2.58. The molecule has 0 amide bonds. The van der Waals surface area contributed by atoms with Crippen LogP contribution in [0.1, 0.15) is 37.2 Å². The Balaban J connectivity index is 2.01. The van der Waals surface area contributed by atoms with Crippen LogP contribution in [-0.2, 0) is 0 Å². The molecule has 0 aromatic heterocycles. The van der Waals surface area contributed by atoms with Crippen molar-refractivity contribution < 1.29 is 4.92 Å². The van der Waals surface area contributed by atoms with E-state index in [-0.39, 0.29) is 10.6 Å². The molecule has 1 aromatic carbocycles. The van der Waals surface area contributed by atoms with E-state index in [0.717, 1.165) is 0 Å².